The highest BCUT2D eigenvalue weighted by atomic mass is 16.2. The molecule has 0 radical (unpaired) electrons. The van der Waals surface area contributed by atoms with Crippen LogP contribution in [0.25, 0.3) is 0 Å². The summed E-state index contributed by atoms with van der Waals surface area (Å²) >= 11 is 0. The molecule has 4 heteroatoms. The fourth-order valence-electron chi connectivity index (χ4n) is 1.03. The van der Waals surface area contributed by atoms with E-state index in [4.69, 9.17) is 0 Å². The van der Waals surface area contributed by atoms with Crippen LogP contribution in [0.15, 0.2) is 24.9 Å². The van der Waals surface area contributed by atoms with Crippen molar-refractivity contribution in [2.24, 2.45) is 0 Å². The number of aryl methyl sites for hydroxylation is 1. The van der Waals surface area contributed by atoms with Gasteiger partial charge in [0, 0.05) is 19.3 Å². The Hall–Kier alpha value is -1.58. The number of nitrogens with zero attached hydrogens (tertiary/aromatic N) is 2. The molecule has 0 saturated carbocycles. The van der Waals surface area contributed by atoms with Gasteiger partial charge in [-0.3, -0.25) is 9.48 Å². The maximum atomic E-state index is 11.4. The van der Waals surface area contributed by atoms with E-state index >= 15 is 0 Å². The number of hydrogen-bond donors (Lipinski definition) is 1. The lowest BCUT2D eigenvalue weighted by atomic mass is 10.4. The number of amides is 1. The van der Waals surface area contributed by atoms with Gasteiger partial charge in [0.1, 0.15) is 5.69 Å². The third kappa shape index (κ3) is 2.18. The van der Waals surface area contributed by atoms with Crippen LogP contribution in [0, 0.1) is 0 Å². The average molecular weight is 179 g/mol. The minimum atomic E-state index is -0.112. The van der Waals surface area contributed by atoms with Crippen LogP contribution >= 0.6 is 0 Å². The summed E-state index contributed by atoms with van der Waals surface area (Å²) in [5.41, 5.74) is 0.587. The zero-order chi connectivity index (χ0) is 9.68. The number of aromatic nitrogens is 2. The molecule has 1 N–H and O–H groups in total. The SMILES string of the molecule is C=CCNC(=O)c1ccnn1CC. The zero-order valence-corrected chi connectivity index (χ0v) is 7.66. The van der Waals surface area contributed by atoms with Crippen molar-refractivity contribution in [1.29, 1.82) is 0 Å². The van der Waals surface area contributed by atoms with Crippen LogP contribution in [0.2, 0.25) is 0 Å². The molecular formula is C9H13N3O. The lowest BCUT2D eigenvalue weighted by Crippen LogP contribution is -2.26. The molecule has 70 valence electrons. The molecule has 4 nitrogen and oxygen atoms in total. The van der Waals surface area contributed by atoms with Gasteiger partial charge in [-0.05, 0) is 13.0 Å². The van der Waals surface area contributed by atoms with Crippen molar-refractivity contribution in [2.75, 3.05) is 6.54 Å². The van der Waals surface area contributed by atoms with Crippen LogP contribution in [0.4, 0.5) is 0 Å². The Morgan fingerprint density at radius 2 is 2.62 bits per heavy atom. The van der Waals surface area contributed by atoms with Crippen LogP contribution in [0.1, 0.15) is 17.4 Å². The Morgan fingerprint density at radius 1 is 1.85 bits per heavy atom. The highest BCUT2D eigenvalue weighted by Gasteiger charge is 2.08. The fraction of sp³-hybridized carbons (Fsp3) is 0.333. The van der Waals surface area contributed by atoms with Crippen molar-refractivity contribution in [1.82, 2.24) is 15.1 Å². The van der Waals surface area contributed by atoms with Crippen LogP contribution in [-0.2, 0) is 6.54 Å². The monoisotopic (exact) mass is 179 g/mol. The average Bonchev–Trinajstić information content (AvgIpc) is 2.61. The van der Waals surface area contributed by atoms with Gasteiger partial charge in [-0.1, -0.05) is 6.08 Å². The Kier molecular flexibility index (Phi) is 3.25. The molecule has 0 aliphatic carbocycles. The lowest BCUT2D eigenvalue weighted by Gasteiger charge is -2.03. The summed E-state index contributed by atoms with van der Waals surface area (Å²) in [7, 11) is 0. The van der Waals surface area contributed by atoms with E-state index in [0.717, 1.165) is 0 Å². The maximum Gasteiger partial charge on any atom is 0.269 e. The summed E-state index contributed by atoms with van der Waals surface area (Å²) in [5.74, 6) is -0.112. The van der Waals surface area contributed by atoms with Gasteiger partial charge >= 0.3 is 0 Å². The van der Waals surface area contributed by atoms with E-state index in [9.17, 15) is 4.79 Å². The molecular weight excluding hydrogens is 166 g/mol. The highest BCUT2D eigenvalue weighted by Crippen LogP contribution is 1.97. The van der Waals surface area contributed by atoms with Crippen LogP contribution in [-0.4, -0.2) is 22.2 Å². The first-order valence-electron chi connectivity index (χ1n) is 4.20. The predicted molar refractivity (Wildman–Crippen MR) is 50.4 cm³/mol. The van der Waals surface area contributed by atoms with Gasteiger partial charge in [-0.25, -0.2) is 0 Å². The van der Waals surface area contributed by atoms with Gasteiger partial charge in [0.05, 0.1) is 0 Å². The third-order valence-corrected chi connectivity index (χ3v) is 1.66. The molecule has 1 aromatic heterocycles. The largest absolute Gasteiger partial charge is 0.347 e. The molecule has 0 unspecified atom stereocenters. The zero-order valence-electron chi connectivity index (χ0n) is 7.66. The van der Waals surface area contributed by atoms with E-state index in [-0.39, 0.29) is 5.91 Å². The van der Waals surface area contributed by atoms with Crippen molar-refractivity contribution in [3.05, 3.63) is 30.6 Å². The van der Waals surface area contributed by atoms with E-state index in [0.29, 0.717) is 18.8 Å². The molecule has 0 aliphatic heterocycles. The van der Waals surface area contributed by atoms with Gasteiger partial charge < -0.3 is 5.32 Å². The second-order valence-corrected chi connectivity index (χ2v) is 2.53. The first kappa shape index (κ1) is 9.51. The number of hydrogen-bond acceptors (Lipinski definition) is 2. The smallest absolute Gasteiger partial charge is 0.269 e. The Balaban J connectivity index is 2.70. The molecule has 1 amide bonds. The number of carbonyl (C=O) groups excluding carboxylic acids is 1. The van der Waals surface area contributed by atoms with E-state index in [1.807, 2.05) is 6.92 Å². The standard InChI is InChI=1S/C9H13N3O/c1-3-6-10-9(13)8-5-7-11-12(8)4-2/h3,5,7H,1,4,6H2,2H3,(H,10,13). The van der Waals surface area contributed by atoms with Crippen molar-refractivity contribution in [3.63, 3.8) is 0 Å². The topological polar surface area (TPSA) is 46.9 Å². The third-order valence-electron chi connectivity index (χ3n) is 1.66. The molecule has 0 fully saturated rings. The molecule has 0 bridgehead atoms. The quantitative estimate of drug-likeness (QED) is 0.695. The fourth-order valence-corrected chi connectivity index (χ4v) is 1.03. The normalized spacial score (nSPS) is 9.62. The van der Waals surface area contributed by atoms with Crippen molar-refractivity contribution in [3.8, 4) is 0 Å². The van der Waals surface area contributed by atoms with Gasteiger partial charge in [-0.2, -0.15) is 5.10 Å². The molecule has 0 aromatic carbocycles. The molecule has 0 saturated heterocycles. The lowest BCUT2D eigenvalue weighted by molar-refractivity contribution is 0.0947. The second-order valence-electron chi connectivity index (χ2n) is 2.53. The maximum absolute atomic E-state index is 11.4. The summed E-state index contributed by atoms with van der Waals surface area (Å²) in [4.78, 5) is 11.4. The molecule has 1 aromatic rings. The van der Waals surface area contributed by atoms with Gasteiger partial charge in [0.2, 0.25) is 0 Å². The van der Waals surface area contributed by atoms with Crippen LogP contribution in [0.3, 0.4) is 0 Å². The number of nitrogens with one attached hydrogen (secondary N) is 1. The number of rotatable bonds is 4. The van der Waals surface area contributed by atoms with E-state index in [1.54, 1.807) is 23.0 Å². The molecule has 13 heavy (non-hydrogen) atoms. The van der Waals surface area contributed by atoms with Gasteiger partial charge in [0.15, 0.2) is 0 Å². The minimum absolute atomic E-state index is 0.112. The first-order valence-corrected chi connectivity index (χ1v) is 4.20. The predicted octanol–water partition coefficient (Wildman–Crippen LogP) is 0.819. The first-order chi connectivity index (χ1) is 6.29. The van der Waals surface area contributed by atoms with E-state index in [2.05, 4.69) is 17.0 Å². The number of carbonyl (C=O) groups is 1. The Morgan fingerprint density at radius 3 is 3.23 bits per heavy atom. The van der Waals surface area contributed by atoms with Crippen molar-refractivity contribution in [2.45, 2.75) is 13.5 Å². The van der Waals surface area contributed by atoms with Gasteiger partial charge in [-0.15, -0.1) is 6.58 Å². The van der Waals surface area contributed by atoms with E-state index < -0.39 is 0 Å². The summed E-state index contributed by atoms with van der Waals surface area (Å²) in [6.45, 7) is 6.64. The molecule has 1 heterocycles. The van der Waals surface area contributed by atoms with Gasteiger partial charge in [0.25, 0.3) is 5.91 Å². The summed E-state index contributed by atoms with van der Waals surface area (Å²) in [6, 6.07) is 1.70. The van der Waals surface area contributed by atoms with Crippen molar-refractivity contribution >= 4 is 5.91 Å². The molecule has 0 spiro atoms. The minimum Gasteiger partial charge on any atom is -0.347 e. The highest BCUT2D eigenvalue weighted by molar-refractivity contribution is 5.92. The molecule has 1 rings (SSSR count). The summed E-state index contributed by atoms with van der Waals surface area (Å²) < 4.78 is 1.65. The van der Waals surface area contributed by atoms with E-state index in [1.165, 1.54) is 0 Å². The Bertz CT molecular complexity index is 304. The Labute approximate surface area is 77.3 Å². The summed E-state index contributed by atoms with van der Waals surface area (Å²) in [5, 5.41) is 6.69. The molecule has 0 atom stereocenters. The van der Waals surface area contributed by atoms with Crippen molar-refractivity contribution < 1.29 is 4.79 Å². The second kappa shape index (κ2) is 4.45. The summed E-state index contributed by atoms with van der Waals surface area (Å²) in [6.07, 6.45) is 3.26. The molecule has 0 aliphatic rings. The van der Waals surface area contributed by atoms with Crippen LogP contribution < -0.4 is 5.32 Å². The van der Waals surface area contributed by atoms with Crippen LogP contribution in [0.5, 0.6) is 0 Å².